The fourth-order valence-electron chi connectivity index (χ4n) is 3.83. The minimum Gasteiger partial charge on any atom is -0.493 e. The highest BCUT2D eigenvalue weighted by atomic mass is 16.5. The predicted octanol–water partition coefficient (Wildman–Crippen LogP) is 3.81. The van der Waals surface area contributed by atoms with E-state index in [0.29, 0.717) is 0 Å². The molecular formula is C21H14N4O. The van der Waals surface area contributed by atoms with E-state index < -0.39 is 0 Å². The predicted molar refractivity (Wildman–Crippen MR) is 99.4 cm³/mol. The van der Waals surface area contributed by atoms with Gasteiger partial charge in [-0.1, -0.05) is 30.3 Å². The Morgan fingerprint density at radius 3 is 2.96 bits per heavy atom. The van der Waals surface area contributed by atoms with Gasteiger partial charge in [0.05, 0.1) is 18.0 Å². The largest absolute Gasteiger partial charge is 0.493 e. The molecule has 5 heteroatoms. The summed E-state index contributed by atoms with van der Waals surface area (Å²) in [4.78, 5) is 9.59. The third kappa shape index (κ3) is 1.82. The van der Waals surface area contributed by atoms with Crippen molar-refractivity contribution in [1.82, 2.24) is 14.6 Å². The molecule has 4 aromatic rings. The van der Waals surface area contributed by atoms with E-state index in [-0.39, 0.29) is 0 Å². The van der Waals surface area contributed by atoms with Crippen molar-refractivity contribution in [1.29, 1.82) is 0 Å². The van der Waals surface area contributed by atoms with Gasteiger partial charge in [0, 0.05) is 29.3 Å². The SMILES string of the molecule is c1ccc2c(c1)N=C(c1ccc3c(c1)OCC3)c1ccn3ncnc-2c13. The van der Waals surface area contributed by atoms with Crippen LogP contribution in [0.1, 0.15) is 16.7 Å². The maximum absolute atomic E-state index is 5.77. The molecule has 2 aromatic carbocycles. The van der Waals surface area contributed by atoms with Crippen LogP contribution in [0.25, 0.3) is 16.8 Å². The van der Waals surface area contributed by atoms with Crippen molar-refractivity contribution in [3.8, 4) is 17.0 Å². The van der Waals surface area contributed by atoms with Gasteiger partial charge in [-0.05, 0) is 23.8 Å². The van der Waals surface area contributed by atoms with Crippen LogP contribution in [-0.4, -0.2) is 26.9 Å². The highest BCUT2D eigenvalue weighted by Gasteiger charge is 2.23. The molecule has 2 aromatic heterocycles. The van der Waals surface area contributed by atoms with Crippen LogP contribution in [0.5, 0.6) is 5.75 Å². The molecule has 0 aliphatic carbocycles. The Balaban J connectivity index is 1.70. The van der Waals surface area contributed by atoms with E-state index >= 15 is 0 Å². The van der Waals surface area contributed by atoms with E-state index in [1.165, 1.54) is 5.56 Å². The Hall–Kier alpha value is -3.47. The highest BCUT2D eigenvalue weighted by Crippen LogP contribution is 2.38. The lowest BCUT2D eigenvalue weighted by Crippen LogP contribution is -2.03. The van der Waals surface area contributed by atoms with Crippen molar-refractivity contribution in [2.45, 2.75) is 6.42 Å². The second-order valence-electron chi connectivity index (χ2n) is 6.53. The minimum absolute atomic E-state index is 0.751. The Morgan fingerprint density at radius 1 is 1.00 bits per heavy atom. The van der Waals surface area contributed by atoms with Crippen molar-refractivity contribution < 1.29 is 4.74 Å². The van der Waals surface area contributed by atoms with Gasteiger partial charge in [0.15, 0.2) is 0 Å². The lowest BCUT2D eigenvalue weighted by atomic mass is 10.0. The molecule has 0 unspecified atom stereocenters. The third-order valence-corrected chi connectivity index (χ3v) is 5.07. The molecular weight excluding hydrogens is 324 g/mol. The van der Waals surface area contributed by atoms with E-state index in [1.807, 2.05) is 28.9 Å². The first-order valence-corrected chi connectivity index (χ1v) is 8.65. The summed E-state index contributed by atoms with van der Waals surface area (Å²) in [6, 6.07) is 16.6. The first-order valence-electron chi connectivity index (χ1n) is 8.65. The zero-order chi connectivity index (χ0) is 17.1. The normalized spacial score (nSPS) is 14.4. The molecule has 0 spiro atoms. The molecule has 6 rings (SSSR count). The second kappa shape index (κ2) is 5.02. The summed E-state index contributed by atoms with van der Waals surface area (Å²) in [5.74, 6) is 0.961. The highest BCUT2D eigenvalue weighted by molar-refractivity contribution is 6.20. The van der Waals surface area contributed by atoms with Gasteiger partial charge in [0.2, 0.25) is 0 Å². The number of para-hydroxylation sites is 1. The lowest BCUT2D eigenvalue weighted by Gasteiger charge is -2.07. The molecule has 0 fully saturated rings. The molecule has 26 heavy (non-hydrogen) atoms. The van der Waals surface area contributed by atoms with Crippen LogP contribution in [0.4, 0.5) is 5.69 Å². The number of aliphatic imine (C=N–C) groups is 1. The number of fused-ring (bicyclic) bond motifs is 3. The Labute approximate surface area is 149 Å². The smallest absolute Gasteiger partial charge is 0.137 e. The topological polar surface area (TPSA) is 51.8 Å². The molecule has 0 atom stereocenters. The summed E-state index contributed by atoms with van der Waals surface area (Å²) in [7, 11) is 0. The quantitative estimate of drug-likeness (QED) is 0.467. The van der Waals surface area contributed by atoms with Crippen LogP contribution in [0, 0.1) is 0 Å². The molecule has 0 amide bonds. The van der Waals surface area contributed by atoms with E-state index in [9.17, 15) is 0 Å². The number of benzene rings is 2. The average molecular weight is 338 g/mol. The zero-order valence-electron chi connectivity index (χ0n) is 13.9. The van der Waals surface area contributed by atoms with Crippen LogP contribution < -0.4 is 4.74 Å². The molecule has 0 saturated heterocycles. The standard InChI is InChI=1S/C21H14N4O/c1-2-4-17-15(3-1)20-21-16(7-9-25(21)23-12-22-20)19(24-17)14-6-5-13-8-10-26-18(13)11-14/h1-7,9,11-12H,8,10H2. The van der Waals surface area contributed by atoms with Gasteiger partial charge in [-0.15, -0.1) is 0 Å². The van der Waals surface area contributed by atoms with Crippen LogP contribution in [0.2, 0.25) is 0 Å². The molecule has 124 valence electrons. The van der Waals surface area contributed by atoms with Crippen LogP contribution in [0.15, 0.2) is 66.0 Å². The molecule has 0 bridgehead atoms. The maximum atomic E-state index is 5.77. The van der Waals surface area contributed by atoms with Gasteiger partial charge in [-0.3, -0.25) is 0 Å². The van der Waals surface area contributed by atoms with Crippen LogP contribution >= 0.6 is 0 Å². The van der Waals surface area contributed by atoms with Crippen molar-refractivity contribution in [2.24, 2.45) is 4.99 Å². The van der Waals surface area contributed by atoms with Crippen molar-refractivity contribution in [3.05, 3.63) is 77.7 Å². The van der Waals surface area contributed by atoms with Gasteiger partial charge in [-0.25, -0.2) is 14.5 Å². The number of nitrogens with zero attached hydrogens (tertiary/aromatic N) is 4. The third-order valence-electron chi connectivity index (χ3n) is 5.07. The molecule has 5 nitrogen and oxygen atoms in total. The monoisotopic (exact) mass is 338 g/mol. The molecule has 0 radical (unpaired) electrons. The molecule has 0 saturated carbocycles. The van der Waals surface area contributed by atoms with Crippen molar-refractivity contribution >= 4 is 16.9 Å². The van der Waals surface area contributed by atoms with Crippen molar-refractivity contribution in [2.75, 3.05) is 6.61 Å². The fourth-order valence-corrected chi connectivity index (χ4v) is 3.83. The molecule has 2 aliphatic rings. The van der Waals surface area contributed by atoms with Gasteiger partial charge < -0.3 is 4.74 Å². The number of hydrogen-bond acceptors (Lipinski definition) is 4. The summed E-state index contributed by atoms with van der Waals surface area (Å²) in [6.45, 7) is 0.751. The number of ether oxygens (including phenoxy) is 1. The second-order valence-corrected chi connectivity index (χ2v) is 6.53. The number of hydrogen-bond donors (Lipinski definition) is 0. The maximum Gasteiger partial charge on any atom is 0.137 e. The Bertz CT molecular complexity index is 1220. The van der Waals surface area contributed by atoms with Crippen LogP contribution in [0.3, 0.4) is 0 Å². The van der Waals surface area contributed by atoms with Gasteiger partial charge in [-0.2, -0.15) is 5.10 Å². The Kier molecular flexibility index (Phi) is 2.66. The summed E-state index contributed by atoms with van der Waals surface area (Å²) >= 11 is 0. The molecule has 2 aliphatic heterocycles. The average Bonchev–Trinajstić information content (AvgIpc) is 3.29. The van der Waals surface area contributed by atoms with E-state index in [2.05, 4.69) is 40.4 Å². The van der Waals surface area contributed by atoms with E-state index in [4.69, 9.17) is 9.73 Å². The molecule has 4 heterocycles. The first kappa shape index (κ1) is 13.8. The summed E-state index contributed by atoms with van der Waals surface area (Å²) in [5, 5.41) is 4.37. The zero-order valence-corrected chi connectivity index (χ0v) is 13.9. The summed E-state index contributed by atoms with van der Waals surface area (Å²) in [5.41, 5.74) is 8.10. The number of aromatic nitrogens is 3. The first-order chi connectivity index (χ1) is 12.9. The van der Waals surface area contributed by atoms with Gasteiger partial charge in [0.25, 0.3) is 0 Å². The summed E-state index contributed by atoms with van der Waals surface area (Å²) < 4.78 is 7.64. The fraction of sp³-hybridized carbons (Fsp3) is 0.0952. The number of rotatable bonds is 1. The summed E-state index contributed by atoms with van der Waals surface area (Å²) in [6.07, 6.45) is 4.53. The van der Waals surface area contributed by atoms with Crippen molar-refractivity contribution in [3.63, 3.8) is 0 Å². The van der Waals surface area contributed by atoms with Gasteiger partial charge in [0.1, 0.15) is 23.3 Å². The Morgan fingerprint density at radius 2 is 1.96 bits per heavy atom. The van der Waals surface area contributed by atoms with E-state index in [0.717, 1.165) is 58.1 Å². The lowest BCUT2D eigenvalue weighted by molar-refractivity contribution is 0.357. The van der Waals surface area contributed by atoms with Crippen LogP contribution in [-0.2, 0) is 6.42 Å². The van der Waals surface area contributed by atoms with Gasteiger partial charge >= 0.3 is 0 Å². The van der Waals surface area contributed by atoms with E-state index in [1.54, 1.807) is 6.33 Å². The molecule has 0 N–H and O–H groups in total. The minimum atomic E-state index is 0.751.